The molecule has 2 N–H and O–H groups in total. The molecular formula is C13H13F3N8S. The van der Waals surface area contributed by atoms with Crippen LogP contribution in [0.3, 0.4) is 0 Å². The van der Waals surface area contributed by atoms with Crippen LogP contribution in [0.5, 0.6) is 0 Å². The van der Waals surface area contributed by atoms with Crippen LogP contribution in [-0.2, 0) is 11.9 Å². The van der Waals surface area contributed by atoms with Crippen molar-refractivity contribution in [3.8, 4) is 0 Å². The maximum absolute atomic E-state index is 12.9. The molecule has 8 nitrogen and oxygen atoms in total. The highest BCUT2D eigenvalue weighted by Gasteiger charge is 2.31. The number of aromatic nitrogens is 6. The van der Waals surface area contributed by atoms with Gasteiger partial charge in [0.25, 0.3) is 0 Å². The predicted molar refractivity (Wildman–Crippen MR) is 86.1 cm³/mol. The van der Waals surface area contributed by atoms with Gasteiger partial charge < -0.3 is 10.6 Å². The fourth-order valence-electron chi connectivity index (χ4n) is 1.95. The molecule has 3 rings (SSSR count). The molecule has 0 atom stereocenters. The van der Waals surface area contributed by atoms with Crippen molar-refractivity contribution in [2.24, 2.45) is 0 Å². The molecule has 3 heterocycles. The van der Waals surface area contributed by atoms with E-state index in [-0.39, 0.29) is 11.7 Å². The maximum atomic E-state index is 12.9. The van der Waals surface area contributed by atoms with E-state index in [0.717, 1.165) is 24.0 Å². The molecular weight excluding hydrogens is 357 g/mol. The highest BCUT2D eigenvalue weighted by atomic mass is 32.2. The number of nitrogens with zero attached hydrogens (tertiary/aromatic N) is 7. The number of nitrogen functional groups attached to an aromatic ring is 1. The number of alkyl halides is 3. The van der Waals surface area contributed by atoms with E-state index in [0.29, 0.717) is 22.6 Å². The van der Waals surface area contributed by atoms with Gasteiger partial charge in [0, 0.05) is 20.3 Å². The molecule has 0 spiro atoms. The number of thioether (sulfide) groups is 1. The van der Waals surface area contributed by atoms with Gasteiger partial charge in [0.1, 0.15) is 5.82 Å². The van der Waals surface area contributed by atoms with Gasteiger partial charge in [-0.2, -0.15) is 28.1 Å². The summed E-state index contributed by atoms with van der Waals surface area (Å²) in [4.78, 5) is 13.9. The number of halogens is 3. The summed E-state index contributed by atoms with van der Waals surface area (Å²) in [6.07, 6.45) is -3.48. The molecule has 0 bridgehead atoms. The second-order valence-corrected chi connectivity index (χ2v) is 6.16. The Morgan fingerprint density at radius 1 is 1.16 bits per heavy atom. The van der Waals surface area contributed by atoms with Gasteiger partial charge in [-0.3, -0.25) is 4.40 Å². The zero-order chi connectivity index (χ0) is 18.2. The fraction of sp³-hybridized carbons (Fsp3) is 0.308. The largest absolute Gasteiger partial charge is 0.417 e. The van der Waals surface area contributed by atoms with Crippen LogP contribution in [0.25, 0.3) is 5.65 Å². The number of anilines is 2. The Bertz CT molecular complexity index is 908. The van der Waals surface area contributed by atoms with E-state index in [1.807, 2.05) is 0 Å². The van der Waals surface area contributed by atoms with Gasteiger partial charge in [0.15, 0.2) is 10.8 Å². The number of fused-ring (bicyclic) bond motifs is 1. The van der Waals surface area contributed by atoms with E-state index in [1.165, 1.54) is 10.5 Å². The molecule has 0 radical (unpaired) electrons. The van der Waals surface area contributed by atoms with Crippen LogP contribution in [0.1, 0.15) is 11.4 Å². The average Bonchev–Trinajstić information content (AvgIpc) is 2.94. The minimum absolute atomic E-state index is 0.0692. The first-order chi connectivity index (χ1) is 11.7. The lowest BCUT2D eigenvalue weighted by Gasteiger charge is -2.11. The molecule has 0 saturated carbocycles. The molecule has 0 unspecified atom stereocenters. The molecule has 0 aliphatic carbocycles. The van der Waals surface area contributed by atoms with Gasteiger partial charge in [0.05, 0.1) is 11.3 Å². The highest BCUT2D eigenvalue weighted by Crippen LogP contribution is 2.30. The molecule has 0 saturated heterocycles. The van der Waals surface area contributed by atoms with Crippen molar-refractivity contribution < 1.29 is 13.2 Å². The van der Waals surface area contributed by atoms with Crippen LogP contribution >= 0.6 is 11.8 Å². The Hall–Kier alpha value is -2.63. The fourth-order valence-corrected chi connectivity index (χ4v) is 2.73. The highest BCUT2D eigenvalue weighted by molar-refractivity contribution is 7.98. The van der Waals surface area contributed by atoms with E-state index in [2.05, 4.69) is 25.1 Å². The van der Waals surface area contributed by atoms with E-state index >= 15 is 0 Å². The lowest BCUT2D eigenvalue weighted by molar-refractivity contribution is -0.137. The van der Waals surface area contributed by atoms with Gasteiger partial charge in [-0.15, -0.1) is 10.2 Å². The second-order valence-electron chi connectivity index (χ2n) is 5.22. The van der Waals surface area contributed by atoms with E-state index in [4.69, 9.17) is 5.73 Å². The van der Waals surface area contributed by atoms with E-state index in [9.17, 15) is 13.2 Å². The Labute approximate surface area is 144 Å². The normalized spacial score (nSPS) is 11.9. The van der Waals surface area contributed by atoms with Gasteiger partial charge in [-0.05, 0) is 12.1 Å². The van der Waals surface area contributed by atoms with Crippen molar-refractivity contribution in [2.75, 3.05) is 24.7 Å². The summed E-state index contributed by atoms with van der Waals surface area (Å²) in [5.41, 5.74) is 5.19. The van der Waals surface area contributed by atoms with Crippen molar-refractivity contribution >= 4 is 29.3 Å². The summed E-state index contributed by atoms with van der Waals surface area (Å²) in [5, 5.41) is 8.06. The summed E-state index contributed by atoms with van der Waals surface area (Å²) in [5.74, 6) is 1.11. The van der Waals surface area contributed by atoms with E-state index in [1.54, 1.807) is 19.0 Å². The Balaban J connectivity index is 1.86. The third kappa shape index (κ3) is 3.73. The molecule has 0 fully saturated rings. The summed E-state index contributed by atoms with van der Waals surface area (Å²) >= 11 is 1.15. The number of nitrogens with two attached hydrogens (primary N) is 1. The van der Waals surface area contributed by atoms with Crippen LogP contribution in [-0.4, -0.2) is 43.6 Å². The second kappa shape index (κ2) is 6.35. The van der Waals surface area contributed by atoms with Crippen molar-refractivity contribution in [2.45, 2.75) is 17.1 Å². The quantitative estimate of drug-likeness (QED) is 0.695. The topological polar surface area (TPSA) is 98.1 Å². The van der Waals surface area contributed by atoms with Crippen LogP contribution in [0, 0.1) is 0 Å². The molecule has 0 aromatic carbocycles. The first kappa shape index (κ1) is 17.2. The minimum atomic E-state index is -4.44. The van der Waals surface area contributed by atoms with Gasteiger partial charge in [0.2, 0.25) is 11.9 Å². The van der Waals surface area contributed by atoms with Crippen molar-refractivity contribution in [1.82, 2.24) is 29.5 Å². The monoisotopic (exact) mass is 370 g/mol. The first-order valence-corrected chi connectivity index (χ1v) is 7.95. The molecule has 12 heteroatoms. The third-order valence-corrected chi connectivity index (χ3v) is 4.06. The summed E-state index contributed by atoms with van der Waals surface area (Å²) in [7, 11) is 3.52. The van der Waals surface area contributed by atoms with Crippen molar-refractivity contribution in [1.29, 1.82) is 0 Å². The van der Waals surface area contributed by atoms with Gasteiger partial charge in [-0.25, -0.2) is 0 Å². The lowest BCUT2D eigenvalue weighted by atomic mass is 10.3. The molecule has 0 amide bonds. The van der Waals surface area contributed by atoms with Gasteiger partial charge >= 0.3 is 6.18 Å². The Morgan fingerprint density at radius 3 is 2.60 bits per heavy atom. The Kier molecular flexibility index (Phi) is 4.37. The van der Waals surface area contributed by atoms with Gasteiger partial charge in [-0.1, -0.05) is 11.8 Å². The number of hydrogen-bond donors (Lipinski definition) is 1. The SMILES string of the molecule is CN(C)c1nc(N)nc(CSc2nnc3ccc(C(F)(F)F)cn23)n1. The molecule has 132 valence electrons. The molecule has 3 aromatic heterocycles. The molecule has 25 heavy (non-hydrogen) atoms. The summed E-state index contributed by atoms with van der Waals surface area (Å²) in [6.45, 7) is 0. The number of pyridine rings is 1. The van der Waals surface area contributed by atoms with Crippen LogP contribution in [0.2, 0.25) is 0 Å². The summed E-state index contributed by atoms with van der Waals surface area (Å²) < 4.78 is 39.9. The summed E-state index contributed by atoms with van der Waals surface area (Å²) in [6, 6.07) is 2.24. The number of rotatable bonds is 4. The molecule has 3 aromatic rings. The maximum Gasteiger partial charge on any atom is 0.417 e. The minimum Gasteiger partial charge on any atom is -0.368 e. The van der Waals surface area contributed by atoms with Crippen LogP contribution in [0.4, 0.5) is 25.1 Å². The van der Waals surface area contributed by atoms with E-state index < -0.39 is 11.7 Å². The molecule has 0 aliphatic heterocycles. The molecule has 0 aliphatic rings. The van der Waals surface area contributed by atoms with Crippen LogP contribution < -0.4 is 10.6 Å². The first-order valence-electron chi connectivity index (χ1n) is 6.96. The van der Waals surface area contributed by atoms with Crippen molar-refractivity contribution in [3.05, 3.63) is 29.7 Å². The zero-order valence-corrected chi connectivity index (χ0v) is 14.0. The average molecular weight is 370 g/mol. The van der Waals surface area contributed by atoms with Crippen LogP contribution in [0.15, 0.2) is 23.5 Å². The lowest BCUT2D eigenvalue weighted by Crippen LogP contribution is -2.16. The predicted octanol–water partition coefficient (Wildman–Crippen LogP) is 1.87. The smallest absolute Gasteiger partial charge is 0.368 e. The standard InChI is InChI=1S/C13H13F3N8S/c1-23(2)11-19-8(18-10(17)20-11)6-25-12-22-21-9-4-3-7(5-24(9)12)13(14,15)16/h3-5H,6H2,1-2H3,(H2,17,18,19,20). The zero-order valence-electron chi connectivity index (χ0n) is 13.2. The number of hydrogen-bond acceptors (Lipinski definition) is 8. The third-order valence-electron chi connectivity index (χ3n) is 3.12. The van der Waals surface area contributed by atoms with Crippen molar-refractivity contribution in [3.63, 3.8) is 0 Å². The Morgan fingerprint density at radius 2 is 1.92 bits per heavy atom.